The summed E-state index contributed by atoms with van der Waals surface area (Å²) in [5.74, 6) is 0.0933. The number of hydrogen-bond donors (Lipinski definition) is 1. The number of aryl methyl sites for hydroxylation is 1. The van der Waals surface area contributed by atoms with Crippen LogP contribution in [-0.2, 0) is 11.2 Å². The first-order chi connectivity index (χ1) is 9.45. The molecule has 0 radical (unpaired) electrons. The van der Waals surface area contributed by atoms with Crippen LogP contribution in [0, 0.1) is 5.41 Å². The third kappa shape index (κ3) is 3.21. The molecule has 1 aromatic heterocycles. The first-order valence-corrected chi connectivity index (χ1v) is 7.68. The Morgan fingerprint density at radius 1 is 1.45 bits per heavy atom. The van der Waals surface area contributed by atoms with Crippen LogP contribution in [-0.4, -0.2) is 28.9 Å². The lowest BCUT2D eigenvalue weighted by Gasteiger charge is -2.39. The summed E-state index contributed by atoms with van der Waals surface area (Å²) in [5, 5.41) is 10.9. The van der Waals surface area contributed by atoms with Crippen molar-refractivity contribution < 1.29 is 9.84 Å². The molecule has 2 rings (SSSR count). The minimum atomic E-state index is -0.496. The SMILES string of the molecule is CCOC(C(O)C1CCCc2cccnc21)C(C)(C)C. The van der Waals surface area contributed by atoms with Gasteiger partial charge in [-0.3, -0.25) is 4.98 Å². The second-order valence-electron chi connectivity index (χ2n) is 6.78. The van der Waals surface area contributed by atoms with E-state index in [9.17, 15) is 5.11 Å². The highest BCUT2D eigenvalue weighted by Crippen LogP contribution is 2.38. The molecule has 112 valence electrons. The van der Waals surface area contributed by atoms with Crippen LogP contribution in [0.3, 0.4) is 0 Å². The van der Waals surface area contributed by atoms with Gasteiger partial charge in [0.15, 0.2) is 0 Å². The monoisotopic (exact) mass is 277 g/mol. The first kappa shape index (κ1) is 15.5. The van der Waals surface area contributed by atoms with Crippen molar-refractivity contribution in [3.05, 3.63) is 29.6 Å². The molecule has 0 amide bonds. The molecular formula is C17H27NO2. The number of aliphatic hydroxyl groups is 1. The molecular weight excluding hydrogens is 250 g/mol. The maximum absolute atomic E-state index is 10.9. The normalized spacial score (nSPS) is 22.1. The predicted octanol–water partition coefficient (Wildman–Crippen LogP) is 3.31. The van der Waals surface area contributed by atoms with Crippen LogP contribution < -0.4 is 0 Å². The zero-order valence-corrected chi connectivity index (χ0v) is 13.1. The number of hydrogen-bond acceptors (Lipinski definition) is 3. The van der Waals surface area contributed by atoms with Crippen molar-refractivity contribution in [3.8, 4) is 0 Å². The maximum Gasteiger partial charge on any atom is 0.0890 e. The molecule has 0 aliphatic heterocycles. The summed E-state index contributed by atoms with van der Waals surface area (Å²) >= 11 is 0. The van der Waals surface area contributed by atoms with Crippen molar-refractivity contribution in [2.75, 3.05) is 6.61 Å². The van der Waals surface area contributed by atoms with Gasteiger partial charge in [-0.05, 0) is 43.2 Å². The lowest BCUT2D eigenvalue weighted by atomic mass is 9.75. The molecule has 3 unspecified atom stereocenters. The van der Waals surface area contributed by atoms with Crippen LogP contribution in [0.15, 0.2) is 18.3 Å². The van der Waals surface area contributed by atoms with E-state index in [1.54, 1.807) is 0 Å². The zero-order valence-electron chi connectivity index (χ0n) is 13.1. The van der Waals surface area contributed by atoms with Gasteiger partial charge in [-0.15, -0.1) is 0 Å². The van der Waals surface area contributed by atoms with Crippen LogP contribution in [0.4, 0.5) is 0 Å². The van der Waals surface area contributed by atoms with Gasteiger partial charge in [-0.2, -0.15) is 0 Å². The lowest BCUT2D eigenvalue weighted by molar-refractivity contribution is -0.0987. The molecule has 3 heteroatoms. The van der Waals surface area contributed by atoms with Crippen LogP contribution in [0.5, 0.6) is 0 Å². The quantitative estimate of drug-likeness (QED) is 0.918. The minimum absolute atomic E-state index is 0.0815. The van der Waals surface area contributed by atoms with Crippen molar-refractivity contribution in [2.24, 2.45) is 5.41 Å². The molecule has 0 aromatic carbocycles. The van der Waals surface area contributed by atoms with E-state index < -0.39 is 6.10 Å². The summed E-state index contributed by atoms with van der Waals surface area (Å²) in [4.78, 5) is 4.53. The first-order valence-electron chi connectivity index (χ1n) is 7.68. The average molecular weight is 277 g/mol. The van der Waals surface area contributed by atoms with Gasteiger partial charge in [-0.1, -0.05) is 26.8 Å². The number of pyridine rings is 1. The molecule has 3 nitrogen and oxygen atoms in total. The fourth-order valence-corrected chi connectivity index (χ4v) is 3.23. The largest absolute Gasteiger partial charge is 0.390 e. The summed E-state index contributed by atoms with van der Waals surface area (Å²) in [7, 11) is 0. The lowest BCUT2D eigenvalue weighted by Crippen LogP contribution is -2.44. The van der Waals surface area contributed by atoms with E-state index in [4.69, 9.17) is 4.74 Å². The zero-order chi connectivity index (χ0) is 14.8. The van der Waals surface area contributed by atoms with Gasteiger partial charge in [0.25, 0.3) is 0 Å². The van der Waals surface area contributed by atoms with Gasteiger partial charge in [-0.25, -0.2) is 0 Å². The van der Waals surface area contributed by atoms with Crippen LogP contribution in [0.1, 0.15) is 57.7 Å². The number of fused-ring (bicyclic) bond motifs is 1. The fourth-order valence-electron chi connectivity index (χ4n) is 3.23. The van der Waals surface area contributed by atoms with Crippen molar-refractivity contribution in [3.63, 3.8) is 0 Å². The Bertz CT molecular complexity index is 439. The van der Waals surface area contributed by atoms with E-state index in [1.165, 1.54) is 5.56 Å². The molecule has 1 heterocycles. The highest BCUT2D eigenvalue weighted by molar-refractivity contribution is 5.27. The van der Waals surface area contributed by atoms with Gasteiger partial charge in [0.2, 0.25) is 0 Å². The molecule has 1 aliphatic carbocycles. The molecule has 0 fully saturated rings. The Kier molecular flexibility index (Phi) is 4.82. The Hall–Kier alpha value is -0.930. The predicted molar refractivity (Wildman–Crippen MR) is 80.8 cm³/mol. The Morgan fingerprint density at radius 3 is 2.85 bits per heavy atom. The van der Waals surface area contributed by atoms with Crippen LogP contribution in [0.25, 0.3) is 0 Å². The molecule has 3 atom stereocenters. The Balaban J connectivity index is 2.26. The van der Waals surface area contributed by atoms with Crippen LogP contribution in [0.2, 0.25) is 0 Å². The Labute approximate surface area is 122 Å². The number of ether oxygens (including phenoxy) is 1. The highest BCUT2D eigenvalue weighted by atomic mass is 16.5. The topological polar surface area (TPSA) is 42.4 Å². The van der Waals surface area contributed by atoms with Crippen molar-refractivity contribution in [2.45, 2.75) is 65.1 Å². The minimum Gasteiger partial charge on any atom is -0.390 e. The fraction of sp³-hybridized carbons (Fsp3) is 0.706. The van der Waals surface area contributed by atoms with Gasteiger partial charge in [0.1, 0.15) is 0 Å². The van der Waals surface area contributed by atoms with Gasteiger partial charge >= 0.3 is 0 Å². The number of aromatic nitrogens is 1. The molecule has 1 aromatic rings. The Morgan fingerprint density at radius 2 is 2.20 bits per heavy atom. The second-order valence-corrected chi connectivity index (χ2v) is 6.78. The molecule has 20 heavy (non-hydrogen) atoms. The number of nitrogens with zero attached hydrogens (tertiary/aromatic N) is 1. The number of aliphatic hydroxyl groups excluding tert-OH is 1. The van der Waals surface area contributed by atoms with E-state index in [2.05, 4.69) is 31.8 Å². The van der Waals surface area contributed by atoms with Crippen molar-refractivity contribution in [1.29, 1.82) is 0 Å². The van der Waals surface area contributed by atoms with Crippen molar-refractivity contribution >= 4 is 0 Å². The maximum atomic E-state index is 10.9. The molecule has 0 saturated carbocycles. The summed E-state index contributed by atoms with van der Waals surface area (Å²) in [5.41, 5.74) is 2.27. The standard InChI is InChI=1S/C17H27NO2/c1-5-20-16(17(2,3)4)15(19)13-10-6-8-12-9-7-11-18-14(12)13/h7,9,11,13,15-16,19H,5-6,8,10H2,1-4H3. The summed E-state index contributed by atoms with van der Waals surface area (Å²) in [6.07, 6.45) is 4.35. The summed E-state index contributed by atoms with van der Waals surface area (Å²) in [6, 6.07) is 4.12. The van der Waals surface area contributed by atoms with E-state index >= 15 is 0 Å². The van der Waals surface area contributed by atoms with Crippen molar-refractivity contribution in [1.82, 2.24) is 4.98 Å². The van der Waals surface area contributed by atoms with E-state index in [1.807, 2.05) is 19.2 Å². The van der Waals surface area contributed by atoms with E-state index in [0.717, 1.165) is 25.0 Å². The second kappa shape index (κ2) is 6.23. The third-order valence-corrected chi connectivity index (χ3v) is 4.16. The molecule has 0 spiro atoms. The van der Waals surface area contributed by atoms with Gasteiger partial charge < -0.3 is 9.84 Å². The number of rotatable bonds is 4. The molecule has 1 N–H and O–H groups in total. The molecule has 0 bridgehead atoms. The average Bonchev–Trinajstić information content (AvgIpc) is 2.42. The highest BCUT2D eigenvalue weighted by Gasteiger charge is 2.39. The van der Waals surface area contributed by atoms with Gasteiger partial charge in [0.05, 0.1) is 12.2 Å². The summed E-state index contributed by atoms with van der Waals surface area (Å²) < 4.78 is 5.86. The van der Waals surface area contributed by atoms with E-state index in [-0.39, 0.29) is 17.4 Å². The smallest absolute Gasteiger partial charge is 0.0890 e. The van der Waals surface area contributed by atoms with Gasteiger partial charge in [0, 0.05) is 24.4 Å². The summed E-state index contributed by atoms with van der Waals surface area (Å²) in [6.45, 7) is 8.98. The molecule has 1 aliphatic rings. The third-order valence-electron chi connectivity index (χ3n) is 4.16. The molecule has 0 saturated heterocycles. The van der Waals surface area contributed by atoms with E-state index in [0.29, 0.717) is 6.61 Å². The van der Waals surface area contributed by atoms with Crippen LogP contribution >= 0.6 is 0 Å².